The van der Waals surface area contributed by atoms with Crippen LogP contribution in [0.1, 0.15) is 449 Å². The number of nitrogens with one attached hydrogen (secondary N) is 4. The molecule has 0 aromatic heterocycles. The third-order valence-electron chi connectivity index (χ3n) is 24.1. The number of alkyl carbamates (subject to hydrolysis) is 2. The van der Waals surface area contributed by atoms with Crippen molar-refractivity contribution in [2.24, 2.45) is 0 Å². The Balaban J connectivity index is 0.00000149. The van der Waals surface area contributed by atoms with E-state index in [1.807, 2.05) is 47.4 Å². The summed E-state index contributed by atoms with van der Waals surface area (Å²) < 4.78 is 26.6. The molecule has 0 bridgehead atoms. The van der Waals surface area contributed by atoms with Crippen LogP contribution in [-0.4, -0.2) is 95.0 Å². The van der Waals surface area contributed by atoms with Gasteiger partial charge in [0.25, 0.3) is 0 Å². The summed E-state index contributed by atoms with van der Waals surface area (Å²) in [5.41, 5.74) is 3.21. The zero-order valence-electron chi connectivity index (χ0n) is 78.1. The molecule has 4 rings (SSSR count). The van der Waals surface area contributed by atoms with E-state index in [0.29, 0.717) is 85.2 Å². The van der Waals surface area contributed by atoms with Gasteiger partial charge in [0.2, 0.25) is 5.36 Å². The van der Waals surface area contributed by atoms with Crippen molar-refractivity contribution >= 4 is 40.9 Å². The molecular formula is C105H180N6O10. The number of carboxylic acid groups (broad SMARTS) is 2. The molecule has 1 aliphatic heterocycles. The molecule has 0 atom stereocenters. The maximum atomic E-state index is 13.1. The number of carbonyl (C=O) groups excluding carboxylic acids is 3. The molecule has 0 spiro atoms. The van der Waals surface area contributed by atoms with Gasteiger partial charge in [-0.1, -0.05) is 444 Å². The van der Waals surface area contributed by atoms with Crippen molar-refractivity contribution < 1.29 is 48.0 Å². The van der Waals surface area contributed by atoms with E-state index in [-0.39, 0.29) is 18.8 Å². The third-order valence-corrected chi connectivity index (χ3v) is 24.1. The molecule has 690 valence electrons. The highest BCUT2D eigenvalue weighted by Crippen LogP contribution is 2.42. The van der Waals surface area contributed by atoms with Crippen LogP contribution in [0.2, 0.25) is 0 Å². The first-order valence-electron chi connectivity index (χ1n) is 50.6. The van der Waals surface area contributed by atoms with E-state index in [1.54, 1.807) is 24.4 Å². The number of amides is 3. The average Bonchev–Trinajstić information content (AvgIpc) is 0.745. The molecule has 1 aliphatic carbocycles. The first-order chi connectivity index (χ1) is 59.5. The number of hydrogen-bond donors (Lipinski definition) is 5. The number of anilines is 1. The predicted octanol–water partition coefficient (Wildman–Crippen LogP) is 29.1. The predicted molar refractivity (Wildman–Crippen MR) is 511 cm³/mol. The van der Waals surface area contributed by atoms with Gasteiger partial charge in [-0.25, -0.2) is 19.0 Å². The van der Waals surface area contributed by atoms with Gasteiger partial charge in [0, 0.05) is 66.1 Å². The van der Waals surface area contributed by atoms with Crippen molar-refractivity contribution in [3.8, 4) is 22.5 Å². The standard InChI is InChI=1S/C86H141N5O8.C19H39NO2/c1-6-10-13-16-19-22-25-28-31-34-37-40-43-46-49-54-63-87-74(5)96-69-67-91(68-71-98-86(95)89-65-56-51-48-45-42-39-36-33-30-27-24-21-18-15-12-8-3)76-60-62-80-82(73-76)99-81-72-75(59-61-79(81)83(80)77-57-52-53-58-78(77)84(92)93)90(9-4)66-70-97-85(94)88-64-55-50-47-44-41-38-35-32-29-26-23-20-17-14-11-7-2;1-2-3-4-5-6-7-8-9-10-11-12-13-14-15-16-17-18-20-19(21)22/h9,52-53,57-62,72-73,87H,4-8,10-51,54-56,63-71H2,1-3H3,(H2-,88,89,92,93,94,95);20H,2-18H2,1H3,(H,21,22). The quantitative estimate of drug-likeness (QED) is 0.0121. The summed E-state index contributed by atoms with van der Waals surface area (Å²) in [4.78, 5) is 50.8. The Labute approximate surface area is 739 Å². The molecule has 0 unspecified atom stereocenters. The van der Waals surface area contributed by atoms with Gasteiger partial charge < -0.3 is 59.8 Å². The molecule has 3 amide bonds. The molecule has 16 heteroatoms. The molecule has 2 aromatic rings. The SMILES string of the molecule is C=CN(CCOC(=O)NCCCCCCCCCCCCCCCCCC)c1ccc2c(-c3ccccc3C(=O)[O-])c3ccc(=[N+](CCOC(=C)NCCCCCCCCCCCCCCCCCC)CCOC(=O)NCCCCCCCCCCCCCCCCCC)cc-3oc2c1.CCCCCCCCCCCCCCCCCCNC(=O)O. The largest absolute Gasteiger partial charge is 0.545 e. The summed E-state index contributed by atoms with van der Waals surface area (Å²) in [6.45, 7) is 21.7. The summed E-state index contributed by atoms with van der Waals surface area (Å²) >= 11 is 0. The van der Waals surface area contributed by atoms with Gasteiger partial charge in [0.1, 0.15) is 24.6 Å². The fourth-order valence-electron chi connectivity index (χ4n) is 16.5. The fraction of sp³-hybridized carbons (Fsp3) is 0.743. The Morgan fingerprint density at radius 1 is 0.397 bits per heavy atom. The summed E-state index contributed by atoms with van der Waals surface area (Å²) in [5.74, 6) is -0.242. The van der Waals surface area contributed by atoms with Crippen LogP contribution in [0.3, 0.4) is 0 Å². The number of fused-ring (bicyclic) bond motifs is 2. The second-order valence-corrected chi connectivity index (χ2v) is 34.8. The lowest BCUT2D eigenvalue weighted by Crippen LogP contribution is -2.37. The number of carboxylic acids is 1. The number of ether oxygens (including phenoxy) is 3. The van der Waals surface area contributed by atoms with Crippen LogP contribution in [0.25, 0.3) is 33.4 Å². The van der Waals surface area contributed by atoms with Crippen molar-refractivity contribution in [3.05, 3.63) is 96.8 Å². The second kappa shape index (κ2) is 79.2. The first-order valence-corrected chi connectivity index (χ1v) is 50.6. The minimum Gasteiger partial charge on any atom is -0.545 e. The summed E-state index contributed by atoms with van der Waals surface area (Å²) in [7, 11) is 0. The average molecular weight is 1690 g/mol. The van der Waals surface area contributed by atoms with Crippen LogP contribution in [0.5, 0.6) is 0 Å². The minimum absolute atomic E-state index is 0.0603. The van der Waals surface area contributed by atoms with Crippen LogP contribution in [0, 0.1) is 0 Å². The van der Waals surface area contributed by atoms with Crippen molar-refractivity contribution in [1.29, 1.82) is 0 Å². The van der Waals surface area contributed by atoms with E-state index in [0.717, 1.165) is 62.5 Å². The van der Waals surface area contributed by atoms with E-state index >= 15 is 0 Å². The van der Waals surface area contributed by atoms with Gasteiger partial charge in [0.05, 0.1) is 18.6 Å². The smallest absolute Gasteiger partial charge is 0.407 e. The maximum absolute atomic E-state index is 13.1. The van der Waals surface area contributed by atoms with Crippen LogP contribution < -0.4 is 41.2 Å². The molecule has 2 aliphatic rings. The van der Waals surface area contributed by atoms with Gasteiger partial charge in [-0.2, -0.15) is 0 Å². The molecular weight excluding hydrogens is 1510 g/mol. The number of hydrogen-bond acceptors (Lipinski definition) is 11. The number of carbonyl (C=O) groups is 4. The van der Waals surface area contributed by atoms with E-state index in [1.165, 1.54) is 366 Å². The van der Waals surface area contributed by atoms with E-state index in [9.17, 15) is 24.3 Å². The molecule has 5 N–H and O–H groups in total. The van der Waals surface area contributed by atoms with Gasteiger partial charge in [0.15, 0.2) is 25.6 Å². The van der Waals surface area contributed by atoms with Crippen molar-refractivity contribution in [3.63, 3.8) is 0 Å². The number of aromatic carboxylic acids is 1. The Bertz CT molecular complexity index is 3150. The van der Waals surface area contributed by atoms with Crippen LogP contribution in [0.4, 0.5) is 20.1 Å². The van der Waals surface area contributed by atoms with Crippen LogP contribution in [0.15, 0.2) is 90.3 Å². The van der Waals surface area contributed by atoms with Crippen LogP contribution >= 0.6 is 0 Å². The lowest BCUT2D eigenvalue weighted by molar-refractivity contribution is -0.255. The van der Waals surface area contributed by atoms with E-state index in [2.05, 4.69) is 66.7 Å². The third kappa shape index (κ3) is 58.9. The van der Waals surface area contributed by atoms with Gasteiger partial charge in [-0.15, -0.1) is 0 Å². The zero-order chi connectivity index (χ0) is 87.0. The number of unbranched alkanes of at least 4 members (excludes halogenated alkanes) is 60. The Hall–Kier alpha value is -6.71. The normalized spacial score (nSPS) is 11.5. The summed E-state index contributed by atoms with van der Waals surface area (Å²) in [6.07, 6.45) is 84.3. The van der Waals surface area contributed by atoms with Crippen molar-refractivity contribution in [2.45, 2.75) is 439 Å². The van der Waals surface area contributed by atoms with Crippen molar-refractivity contribution in [2.75, 3.05) is 70.5 Å². The maximum Gasteiger partial charge on any atom is 0.407 e. The van der Waals surface area contributed by atoms with E-state index < -0.39 is 24.2 Å². The number of rotatable bonds is 83. The molecule has 16 nitrogen and oxygen atoms in total. The lowest BCUT2D eigenvalue weighted by atomic mass is 9.90. The first kappa shape index (κ1) is 108. The zero-order valence-corrected chi connectivity index (χ0v) is 78.1. The summed E-state index contributed by atoms with van der Waals surface area (Å²) in [6, 6.07) is 18.6. The monoisotopic (exact) mass is 1690 g/mol. The number of benzene rings is 3. The Morgan fingerprint density at radius 2 is 0.727 bits per heavy atom. The van der Waals surface area contributed by atoms with E-state index in [4.69, 9.17) is 23.7 Å². The fourth-order valence-corrected chi connectivity index (χ4v) is 16.5. The van der Waals surface area contributed by atoms with Gasteiger partial charge >= 0.3 is 18.3 Å². The molecule has 2 aromatic carbocycles. The molecule has 0 saturated heterocycles. The molecule has 1 heterocycles. The Kier molecular flexibility index (Phi) is 71.0. The van der Waals surface area contributed by atoms with Gasteiger partial charge in [-0.05, 0) is 62.2 Å². The molecule has 0 fully saturated rings. The summed E-state index contributed by atoms with van der Waals surface area (Å²) in [5, 5.41) is 34.4. The lowest BCUT2D eigenvalue weighted by Gasteiger charge is -2.22. The topological polar surface area (TPSA) is 207 Å². The molecule has 0 radical (unpaired) electrons. The van der Waals surface area contributed by atoms with Gasteiger partial charge in [-0.3, -0.25) is 0 Å². The molecule has 0 saturated carbocycles. The Morgan fingerprint density at radius 3 is 1.08 bits per heavy atom. The molecule has 121 heavy (non-hydrogen) atoms. The van der Waals surface area contributed by atoms with Crippen LogP contribution in [-0.2, 0) is 14.2 Å². The van der Waals surface area contributed by atoms with Crippen molar-refractivity contribution in [1.82, 2.24) is 25.8 Å². The highest BCUT2D eigenvalue weighted by Gasteiger charge is 2.23. The number of nitrogens with zero attached hydrogens (tertiary/aromatic N) is 2. The highest BCUT2D eigenvalue weighted by atomic mass is 16.6. The minimum atomic E-state index is -1.28. The second-order valence-electron chi connectivity index (χ2n) is 34.8. The highest BCUT2D eigenvalue weighted by molar-refractivity contribution is 6.07.